The fourth-order valence-corrected chi connectivity index (χ4v) is 5.73. The molecular weight excluding hydrogens is 474 g/mol. The molecular formula is C31H31N5O2. The van der Waals surface area contributed by atoms with Gasteiger partial charge in [0.15, 0.2) is 5.69 Å². The molecule has 0 saturated heterocycles. The van der Waals surface area contributed by atoms with Crippen molar-refractivity contribution in [3.05, 3.63) is 112 Å². The van der Waals surface area contributed by atoms with Crippen molar-refractivity contribution in [1.82, 2.24) is 19.7 Å². The van der Waals surface area contributed by atoms with Crippen molar-refractivity contribution in [3.63, 3.8) is 0 Å². The van der Waals surface area contributed by atoms with Crippen molar-refractivity contribution in [1.29, 1.82) is 0 Å². The van der Waals surface area contributed by atoms with Gasteiger partial charge in [0.25, 0.3) is 11.8 Å². The number of hydrogen-bond acceptors (Lipinski definition) is 3. The molecule has 38 heavy (non-hydrogen) atoms. The zero-order chi connectivity index (χ0) is 26.2. The van der Waals surface area contributed by atoms with Crippen molar-refractivity contribution in [2.45, 2.75) is 45.7 Å². The molecule has 2 N–H and O–H groups in total. The van der Waals surface area contributed by atoms with Crippen molar-refractivity contribution >= 4 is 23.6 Å². The van der Waals surface area contributed by atoms with Crippen molar-refractivity contribution in [3.8, 4) is 0 Å². The van der Waals surface area contributed by atoms with Gasteiger partial charge in [0.05, 0.1) is 13.1 Å². The Morgan fingerprint density at radius 1 is 1.13 bits per heavy atom. The highest BCUT2D eigenvalue weighted by Crippen LogP contribution is 2.33. The first-order chi connectivity index (χ1) is 18.5. The number of amides is 2. The van der Waals surface area contributed by atoms with Crippen LogP contribution in [0.4, 0.5) is 5.69 Å². The average molecular weight is 506 g/mol. The van der Waals surface area contributed by atoms with Gasteiger partial charge >= 0.3 is 0 Å². The number of aryl methyl sites for hydroxylation is 2. The first-order valence-corrected chi connectivity index (χ1v) is 13.2. The Kier molecular flexibility index (Phi) is 6.19. The van der Waals surface area contributed by atoms with E-state index in [4.69, 9.17) is 5.10 Å². The van der Waals surface area contributed by atoms with Gasteiger partial charge in [0, 0.05) is 35.6 Å². The van der Waals surface area contributed by atoms with Gasteiger partial charge in [-0.05, 0) is 66.3 Å². The molecule has 2 amide bonds. The quantitative estimate of drug-likeness (QED) is 0.374. The molecule has 2 aromatic heterocycles. The molecule has 0 radical (unpaired) electrons. The number of fused-ring (bicyclic) bond motifs is 2. The van der Waals surface area contributed by atoms with Crippen molar-refractivity contribution in [2.75, 3.05) is 11.9 Å². The molecule has 2 aliphatic rings. The highest BCUT2D eigenvalue weighted by Gasteiger charge is 2.35. The van der Waals surface area contributed by atoms with Crippen molar-refractivity contribution < 1.29 is 9.59 Å². The maximum atomic E-state index is 13.6. The van der Waals surface area contributed by atoms with Crippen LogP contribution in [-0.4, -0.2) is 38.0 Å². The lowest BCUT2D eigenvalue weighted by Gasteiger charge is -2.32. The third kappa shape index (κ3) is 4.45. The molecule has 192 valence electrons. The molecule has 0 unspecified atom stereocenters. The zero-order valence-electron chi connectivity index (χ0n) is 21.7. The predicted octanol–water partition coefficient (Wildman–Crippen LogP) is 5.54. The maximum absolute atomic E-state index is 13.6. The van der Waals surface area contributed by atoms with Gasteiger partial charge in [-0.3, -0.25) is 14.3 Å². The third-order valence-electron chi connectivity index (χ3n) is 7.48. The minimum absolute atomic E-state index is 0.0146. The largest absolute Gasteiger partial charge is 0.357 e. The lowest BCUT2D eigenvalue weighted by Crippen LogP contribution is -2.38. The summed E-state index contributed by atoms with van der Waals surface area (Å²) >= 11 is 0. The fourth-order valence-electron chi connectivity index (χ4n) is 5.73. The molecule has 0 fully saturated rings. The summed E-state index contributed by atoms with van der Waals surface area (Å²) in [7, 11) is 0. The van der Waals surface area contributed by atoms with Crippen LogP contribution < -0.4 is 5.32 Å². The molecule has 0 saturated carbocycles. The number of nitrogens with one attached hydrogen (secondary N) is 2. The SMILES string of the molecule is Cc1cccc(NC(=O)c2nn(Cc3cccc4c3C=CCC4)c3c2CN(C(=O)c2ccc[nH]2)C[C@H]3C)c1. The second-order valence-corrected chi connectivity index (χ2v) is 10.3. The average Bonchev–Trinajstić information content (AvgIpc) is 3.58. The second kappa shape index (κ2) is 9.82. The normalized spacial score (nSPS) is 16.2. The predicted molar refractivity (Wildman–Crippen MR) is 148 cm³/mol. The summed E-state index contributed by atoms with van der Waals surface area (Å²) < 4.78 is 1.99. The number of rotatable bonds is 5. The number of allylic oxidation sites excluding steroid dienone is 1. The van der Waals surface area contributed by atoms with E-state index in [1.807, 2.05) is 41.9 Å². The monoisotopic (exact) mass is 505 g/mol. The van der Waals surface area contributed by atoms with Gasteiger partial charge in [0.1, 0.15) is 5.69 Å². The minimum Gasteiger partial charge on any atom is -0.357 e. The number of carbonyl (C=O) groups excluding carboxylic acids is 2. The Labute approximate surface area is 222 Å². The molecule has 2 aromatic carbocycles. The van der Waals surface area contributed by atoms with E-state index in [0.717, 1.165) is 35.3 Å². The van der Waals surface area contributed by atoms with E-state index < -0.39 is 0 Å². The van der Waals surface area contributed by atoms with Gasteiger partial charge in [0.2, 0.25) is 0 Å². The van der Waals surface area contributed by atoms with Gasteiger partial charge < -0.3 is 15.2 Å². The van der Waals surface area contributed by atoms with E-state index in [-0.39, 0.29) is 17.7 Å². The lowest BCUT2D eigenvalue weighted by atomic mass is 9.92. The summed E-state index contributed by atoms with van der Waals surface area (Å²) in [5.74, 6) is -0.324. The van der Waals surface area contributed by atoms with Gasteiger partial charge in [-0.1, -0.05) is 49.4 Å². The van der Waals surface area contributed by atoms with E-state index >= 15 is 0 Å². The molecule has 6 rings (SSSR count). The molecule has 1 aliphatic carbocycles. The summed E-state index contributed by atoms with van der Waals surface area (Å²) in [4.78, 5) is 31.7. The molecule has 1 aliphatic heterocycles. The van der Waals surface area contributed by atoms with Crippen LogP contribution in [-0.2, 0) is 19.5 Å². The van der Waals surface area contributed by atoms with Gasteiger partial charge in [-0.25, -0.2) is 0 Å². The van der Waals surface area contributed by atoms with Crippen LogP contribution in [0.15, 0.2) is 66.9 Å². The molecule has 1 atom stereocenters. The van der Waals surface area contributed by atoms with Crippen LogP contribution in [0.25, 0.3) is 6.08 Å². The highest BCUT2D eigenvalue weighted by molar-refractivity contribution is 6.04. The molecule has 0 bridgehead atoms. The van der Waals surface area contributed by atoms with Crippen LogP contribution in [0.3, 0.4) is 0 Å². The van der Waals surface area contributed by atoms with E-state index in [9.17, 15) is 9.59 Å². The van der Waals surface area contributed by atoms with Crippen LogP contribution in [0.5, 0.6) is 0 Å². The number of nitrogens with zero attached hydrogens (tertiary/aromatic N) is 3. The number of benzene rings is 2. The van der Waals surface area contributed by atoms with Crippen LogP contribution in [0, 0.1) is 6.92 Å². The smallest absolute Gasteiger partial charge is 0.276 e. The van der Waals surface area contributed by atoms with Crippen molar-refractivity contribution in [2.24, 2.45) is 0 Å². The van der Waals surface area contributed by atoms with Gasteiger partial charge in [-0.15, -0.1) is 0 Å². The van der Waals surface area contributed by atoms with E-state index in [2.05, 4.69) is 47.6 Å². The Bertz CT molecular complexity index is 1550. The molecule has 4 aromatic rings. The number of hydrogen-bond donors (Lipinski definition) is 2. The molecule has 3 heterocycles. The fraction of sp³-hybridized carbons (Fsp3) is 0.258. The summed E-state index contributed by atoms with van der Waals surface area (Å²) in [6.07, 6.45) is 8.26. The third-order valence-corrected chi connectivity index (χ3v) is 7.48. The first-order valence-electron chi connectivity index (χ1n) is 13.2. The van der Waals surface area contributed by atoms with E-state index in [0.29, 0.717) is 31.0 Å². The summed E-state index contributed by atoms with van der Waals surface area (Å²) in [6, 6.07) is 17.8. The van der Waals surface area contributed by atoms with Gasteiger partial charge in [-0.2, -0.15) is 5.10 Å². The Morgan fingerprint density at radius 2 is 2.00 bits per heavy atom. The second-order valence-electron chi connectivity index (χ2n) is 10.3. The number of H-pyrrole nitrogens is 1. The summed E-state index contributed by atoms with van der Waals surface area (Å²) in [5.41, 5.74) is 8.32. The van der Waals surface area contributed by atoms with Crippen LogP contribution in [0.2, 0.25) is 0 Å². The first kappa shape index (κ1) is 24.0. The lowest BCUT2D eigenvalue weighted by molar-refractivity contribution is 0.0711. The number of aromatic nitrogens is 3. The number of aromatic amines is 1. The molecule has 7 nitrogen and oxygen atoms in total. The van der Waals surface area contributed by atoms with Crippen LogP contribution in [0.1, 0.15) is 73.8 Å². The highest BCUT2D eigenvalue weighted by atomic mass is 16.2. The molecule has 7 heteroatoms. The summed E-state index contributed by atoms with van der Waals surface area (Å²) in [6.45, 7) is 5.56. The standard InChI is InChI=1S/C31H31N5O2/c1-20-8-5-12-24(16-20)33-30(37)28-26-19-35(31(38)27-14-7-15-32-27)17-21(2)29(26)36(34-28)18-23-11-6-10-22-9-3-4-13-25(22)23/h4-8,10-16,21,32H,3,9,17-19H2,1-2H3,(H,33,37)/t21-/m1/s1. The maximum Gasteiger partial charge on any atom is 0.276 e. The zero-order valence-corrected chi connectivity index (χ0v) is 21.7. The Hall–Kier alpha value is -4.39. The summed E-state index contributed by atoms with van der Waals surface area (Å²) in [5, 5.41) is 7.92. The van der Waals surface area contributed by atoms with E-state index in [1.54, 1.807) is 17.2 Å². The number of carbonyl (C=O) groups is 2. The molecule has 0 spiro atoms. The minimum atomic E-state index is -0.262. The number of anilines is 1. The Balaban J connectivity index is 1.39. The van der Waals surface area contributed by atoms with Crippen LogP contribution >= 0.6 is 0 Å². The van der Waals surface area contributed by atoms with E-state index in [1.165, 1.54) is 16.7 Å². The Morgan fingerprint density at radius 3 is 2.82 bits per heavy atom. The topological polar surface area (TPSA) is 83.0 Å².